The molecule has 0 N–H and O–H groups in total. The van der Waals surface area contributed by atoms with E-state index in [1.165, 1.54) is 12.3 Å². The third kappa shape index (κ3) is 3.72. The lowest BCUT2D eigenvalue weighted by molar-refractivity contribution is -0.646. The second-order valence-corrected chi connectivity index (χ2v) is 8.07. The number of rotatable bonds is 4. The standard InChI is InChI=1S/C20H19NO3S/c1-15-8-9-16(2)19(12-15)14-25(23,24)20-13-18(10-11-21(20)22)17-6-4-3-5-7-17/h3-13H,14H2,1-2H3. The summed E-state index contributed by atoms with van der Waals surface area (Å²) in [6.07, 6.45) is 1.25. The van der Waals surface area contributed by atoms with Gasteiger partial charge in [0.15, 0.2) is 6.20 Å². The lowest BCUT2D eigenvalue weighted by Crippen LogP contribution is -2.34. The van der Waals surface area contributed by atoms with Crippen molar-refractivity contribution < 1.29 is 13.1 Å². The molecule has 1 aromatic heterocycles. The maximum absolute atomic E-state index is 12.8. The normalized spacial score (nSPS) is 11.4. The predicted octanol–water partition coefficient (Wildman–Crippen LogP) is 3.58. The SMILES string of the molecule is Cc1ccc(C)c(CS(=O)(=O)c2cc(-c3ccccc3)cc[n+]2[O-])c1. The van der Waals surface area contributed by atoms with Crippen LogP contribution in [0, 0.1) is 19.1 Å². The van der Waals surface area contributed by atoms with Crippen LogP contribution in [0.25, 0.3) is 11.1 Å². The molecule has 0 atom stereocenters. The van der Waals surface area contributed by atoms with E-state index in [1.807, 2.05) is 62.4 Å². The number of aromatic nitrogens is 1. The summed E-state index contributed by atoms with van der Waals surface area (Å²) >= 11 is 0. The molecule has 0 fully saturated rings. The average molecular weight is 353 g/mol. The number of hydrogen-bond acceptors (Lipinski definition) is 3. The molecule has 0 radical (unpaired) electrons. The zero-order valence-electron chi connectivity index (χ0n) is 14.1. The van der Waals surface area contributed by atoms with Crippen molar-refractivity contribution in [1.29, 1.82) is 0 Å². The van der Waals surface area contributed by atoms with Gasteiger partial charge < -0.3 is 5.21 Å². The van der Waals surface area contributed by atoms with E-state index in [-0.39, 0.29) is 10.8 Å². The molecule has 0 amide bonds. The van der Waals surface area contributed by atoms with Crippen molar-refractivity contribution in [2.75, 3.05) is 0 Å². The molecule has 0 aliphatic carbocycles. The molecule has 25 heavy (non-hydrogen) atoms. The van der Waals surface area contributed by atoms with Gasteiger partial charge in [-0.25, -0.2) is 8.42 Å². The zero-order valence-corrected chi connectivity index (χ0v) is 15.0. The van der Waals surface area contributed by atoms with Gasteiger partial charge in [0.05, 0.1) is 5.75 Å². The van der Waals surface area contributed by atoms with Gasteiger partial charge in [-0.1, -0.05) is 54.1 Å². The van der Waals surface area contributed by atoms with Crippen LogP contribution in [0.5, 0.6) is 0 Å². The minimum Gasteiger partial charge on any atom is -0.618 e. The lowest BCUT2D eigenvalue weighted by Gasteiger charge is -2.10. The van der Waals surface area contributed by atoms with E-state index >= 15 is 0 Å². The summed E-state index contributed by atoms with van der Waals surface area (Å²) in [5, 5.41) is 11.9. The van der Waals surface area contributed by atoms with Crippen molar-refractivity contribution in [3.63, 3.8) is 0 Å². The van der Waals surface area contributed by atoms with E-state index in [4.69, 9.17) is 0 Å². The first kappa shape index (κ1) is 17.2. The summed E-state index contributed by atoms with van der Waals surface area (Å²) in [4.78, 5) is 0. The summed E-state index contributed by atoms with van der Waals surface area (Å²) in [5.74, 6) is -0.193. The quantitative estimate of drug-likeness (QED) is 0.532. The van der Waals surface area contributed by atoms with Crippen LogP contribution in [0.4, 0.5) is 0 Å². The second-order valence-electron chi connectivity index (χ2n) is 6.13. The Morgan fingerprint density at radius 2 is 1.64 bits per heavy atom. The number of nitrogens with zero attached hydrogens (tertiary/aromatic N) is 1. The number of hydrogen-bond donors (Lipinski definition) is 0. The minimum atomic E-state index is -3.76. The lowest BCUT2D eigenvalue weighted by atomic mass is 10.1. The van der Waals surface area contributed by atoms with E-state index in [0.29, 0.717) is 15.9 Å². The number of sulfone groups is 1. The highest BCUT2D eigenvalue weighted by Gasteiger charge is 2.26. The monoisotopic (exact) mass is 353 g/mol. The van der Waals surface area contributed by atoms with Crippen LogP contribution in [-0.2, 0) is 15.6 Å². The Balaban J connectivity index is 2.04. The maximum atomic E-state index is 12.8. The first-order valence-corrected chi connectivity index (χ1v) is 9.59. The summed E-state index contributed by atoms with van der Waals surface area (Å²) < 4.78 is 26.1. The van der Waals surface area contributed by atoms with E-state index in [1.54, 1.807) is 6.07 Å². The third-order valence-electron chi connectivity index (χ3n) is 4.16. The molecule has 3 aromatic rings. The Hall–Kier alpha value is -2.66. The highest BCUT2D eigenvalue weighted by atomic mass is 32.2. The van der Waals surface area contributed by atoms with Gasteiger partial charge in [-0.2, -0.15) is 4.73 Å². The fraction of sp³-hybridized carbons (Fsp3) is 0.150. The average Bonchev–Trinajstić information content (AvgIpc) is 2.59. The Bertz CT molecular complexity index is 1010. The fourth-order valence-corrected chi connectivity index (χ4v) is 4.25. The van der Waals surface area contributed by atoms with Crippen molar-refractivity contribution >= 4 is 9.84 Å². The van der Waals surface area contributed by atoms with Crippen molar-refractivity contribution in [1.82, 2.24) is 0 Å². The van der Waals surface area contributed by atoms with Gasteiger partial charge in [0.1, 0.15) is 0 Å². The molecule has 3 rings (SSSR count). The first-order valence-electron chi connectivity index (χ1n) is 7.94. The van der Waals surface area contributed by atoms with Crippen LogP contribution in [0.1, 0.15) is 16.7 Å². The van der Waals surface area contributed by atoms with Crippen molar-refractivity contribution in [2.24, 2.45) is 0 Å². The molecule has 0 unspecified atom stereocenters. The molecular weight excluding hydrogens is 334 g/mol. The summed E-state index contributed by atoms with van der Waals surface area (Å²) in [5.41, 5.74) is 4.17. The van der Waals surface area contributed by atoms with Crippen molar-refractivity contribution in [2.45, 2.75) is 24.6 Å². The Kier molecular flexibility index (Phi) is 4.59. The second kappa shape index (κ2) is 6.69. The molecule has 0 bridgehead atoms. The highest BCUT2D eigenvalue weighted by molar-refractivity contribution is 7.90. The maximum Gasteiger partial charge on any atom is 0.309 e. The Morgan fingerprint density at radius 3 is 2.36 bits per heavy atom. The van der Waals surface area contributed by atoms with Gasteiger partial charge in [-0.3, -0.25) is 0 Å². The van der Waals surface area contributed by atoms with E-state index in [2.05, 4.69) is 0 Å². The van der Waals surface area contributed by atoms with Crippen molar-refractivity contribution in [3.05, 3.63) is 88.8 Å². The van der Waals surface area contributed by atoms with Crippen LogP contribution in [0.3, 0.4) is 0 Å². The molecule has 4 nitrogen and oxygen atoms in total. The largest absolute Gasteiger partial charge is 0.618 e. The summed E-state index contributed by atoms with van der Waals surface area (Å²) in [7, 11) is -3.76. The minimum absolute atomic E-state index is 0.193. The highest BCUT2D eigenvalue weighted by Crippen LogP contribution is 2.23. The smallest absolute Gasteiger partial charge is 0.309 e. The van der Waals surface area contributed by atoms with Crippen LogP contribution in [0.15, 0.2) is 71.9 Å². The molecule has 0 spiro atoms. The van der Waals surface area contributed by atoms with Crippen LogP contribution >= 0.6 is 0 Å². The predicted molar refractivity (Wildman–Crippen MR) is 97.6 cm³/mol. The molecule has 5 heteroatoms. The third-order valence-corrected chi connectivity index (χ3v) is 5.79. The number of pyridine rings is 1. The summed E-state index contributed by atoms with van der Waals surface area (Å²) in [6, 6.07) is 18.2. The molecular formula is C20H19NO3S. The molecule has 0 saturated carbocycles. The van der Waals surface area contributed by atoms with E-state index in [9.17, 15) is 13.6 Å². The molecule has 1 heterocycles. The van der Waals surface area contributed by atoms with Gasteiger partial charge in [-0.05, 0) is 36.1 Å². The van der Waals surface area contributed by atoms with Crippen LogP contribution < -0.4 is 4.73 Å². The van der Waals surface area contributed by atoms with E-state index < -0.39 is 9.84 Å². The van der Waals surface area contributed by atoms with Crippen molar-refractivity contribution in [3.8, 4) is 11.1 Å². The Labute approximate surface area is 147 Å². The molecule has 128 valence electrons. The van der Waals surface area contributed by atoms with Gasteiger partial charge in [-0.15, -0.1) is 0 Å². The molecule has 2 aromatic carbocycles. The molecule has 0 aliphatic rings. The Morgan fingerprint density at radius 1 is 0.920 bits per heavy atom. The fourth-order valence-electron chi connectivity index (χ4n) is 2.74. The van der Waals surface area contributed by atoms with E-state index in [0.717, 1.165) is 16.7 Å². The van der Waals surface area contributed by atoms with Crippen LogP contribution in [-0.4, -0.2) is 8.42 Å². The topological polar surface area (TPSA) is 61.1 Å². The van der Waals surface area contributed by atoms with Gasteiger partial charge in [0.25, 0.3) is 0 Å². The van der Waals surface area contributed by atoms with Gasteiger partial charge in [0.2, 0.25) is 9.84 Å². The zero-order chi connectivity index (χ0) is 18.0. The molecule has 0 saturated heterocycles. The van der Waals surface area contributed by atoms with Gasteiger partial charge >= 0.3 is 5.03 Å². The molecule has 0 aliphatic heterocycles. The number of benzene rings is 2. The number of aryl methyl sites for hydroxylation is 2. The summed E-state index contributed by atoms with van der Waals surface area (Å²) in [6.45, 7) is 3.79. The first-order chi connectivity index (χ1) is 11.9. The van der Waals surface area contributed by atoms with Crippen LogP contribution in [0.2, 0.25) is 0 Å². The van der Waals surface area contributed by atoms with Gasteiger partial charge in [0, 0.05) is 12.1 Å².